The van der Waals surface area contributed by atoms with Crippen molar-refractivity contribution in [3.05, 3.63) is 42.5 Å². The van der Waals surface area contributed by atoms with Crippen LogP contribution in [0, 0.1) is 0 Å². The first kappa shape index (κ1) is 10.4. The molecule has 0 unspecified atom stereocenters. The minimum atomic E-state index is -0.226. The number of carbonyl (C=O) groups excluding carboxylic acids is 1. The zero-order valence-corrected chi connectivity index (χ0v) is 8.92. The first-order valence-corrected chi connectivity index (χ1v) is 5.04. The van der Waals surface area contributed by atoms with Gasteiger partial charge < -0.3 is 5.32 Å². The van der Waals surface area contributed by atoms with Crippen LogP contribution >= 0.6 is 0 Å². The van der Waals surface area contributed by atoms with Crippen molar-refractivity contribution >= 4 is 11.6 Å². The van der Waals surface area contributed by atoms with E-state index in [0.29, 0.717) is 11.4 Å². The van der Waals surface area contributed by atoms with Gasteiger partial charge in [0.25, 0.3) is 5.91 Å². The summed E-state index contributed by atoms with van der Waals surface area (Å²) in [6.45, 7) is 2.76. The van der Waals surface area contributed by atoms with E-state index in [1.165, 1.54) is 0 Å². The van der Waals surface area contributed by atoms with Gasteiger partial charge in [0.15, 0.2) is 0 Å². The summed E-state index contributed by atoms with van der Waals surface area (Å²) in [5.74, 6) is -0.226. The van der Waals surface area contributed by atoms with Crippen LogP contribution in [0.3, 0.4) is 0 Å². The van der Waals surface area contributed by atoms with Crippen LogP contribution in [-0.4, -0.2) is 20.7 Å². The van der Waals surface area contributed by atoms with Crippen molar-refractivity contribution in [2.75, 3.05) is 5.32 Å². The fourth-order valence-corrected chi connectivity index (χ4v) is 1.29. The Kier molecular flexibility index (Phi) is 2.95. The van der Waals surface area contributed by atoms with Crippen molar-refractivity contribution in [2.45, 2.75) is 13.5 Å². The molecule has 0 aliphatic heterocycles. The quantitative estimate of drug-likeness (QED) is 0.846. The maximum absolute atomic E-state index is 11.7. The highest BCUT2D eigenvalue weighted by molar-refractivity contribution is 6.02. The molecule has 82 valence electrons. The van der Waals surface area contributed by atoms with Crippen molar-refractivity contribution < 1.29 is 4.79 Å². The van der Waals surface area contributed by atoms with Crippen LogP contribution in [-0.2, 0) is 6.54 Å². The number of amides is 1. The van der Waals surface area contributed by atoms with E-state index in [2.05, 4.69) is 15.4 Å². The fourth-order valence-electron chi connectivity index (χ4n) is 1.29. The lowest BCUT2D eigenvalue weighted by molar-refractivity contribution is 0.102. The number of aromatic nitrogens is 3. The highest BCUT2D eigenvalue weighted by Gasteiger charge is 2.07. The van der Waals surface area contributed by atoms with Gasteiger partial charge in [0.2, 0.25) is 0 Å². The molecule has 0 saturated heterocycles. The molecule has 2 heterocycles. The van der Waals surface area contributed by atoms with Gasteiger partial charge in [-0.05, 0) is 19.1 Å². The third kappa shape index (κ3) is 2.25. The molecule has 0 aliphatic carbocycles. The molecule has 0 saturated carbocycles. The summed E-state index contributed by atoms with van der Waals surface area (Å²) in [7, 11) is 0. The van der Waals surface area contributed by atoms with Crippen LogP contribution in [0.2, 0.25) is 0 Å². The number of aryl methyl sites for hydroxylation is 1. The minimum absolute atomic E-state index is 0.226. The summed E-state index contributed by atoms with van der Waals surface area (Å²) < 4.78 is 1.74. The van der Waals surface area contributed by atoms with Crippen LogP contribution in [0.1, 0.15) is 17.4 Å². The molecule has 0 bridgehead atoms. The lowest BCUT2D eigenvalue weighted by Gasteiger charge is -2.00. The van der Waals surface area contributed by atoms with E-state index >= 15 is 0 Å². The van der Waals surface area contributed by atoms with Gasteiger partial charge >= 0.3 is 0 Å². The molecule has 1 N–H and O–H groups in total. The summed E-state index contributed by atoms with van der Waals surface area (Å²) in [6, 6.07) is 5.21. The number of nitrogens with zero attached hydrogens (tertiary/aromatic N) is 3. The van der Waals surface area contributed by atoms with Gasteiger partial charge in [-0.15, -0.1) is 0 Å². The van der Waals surface area contributed by atoms with Crippen molar-refractivity contribution in [2.24, 2.45) is 0 Å². The van der Waals surface area contributed by atoms with Gasteiger partial charge in [0, 0.05) is 18.9 Å². The van der Waals surface area contributed by atoms with Crippen LogP contribution in [0.25, 0.3) is 0 Å². The molecule has 0 aromatic carbocycles. The van der Waals surface area contributed by atoms with Crippen LogP contribution in [0.5, 0.6) is 0 Å². The number of rotatable bonds is 3. The Hall–Kier alpha value is -2.17. The molecule has 0 fully saturated rings. The Morgan fingerprint density at radius 3 is 3.00 bits per heavy atom. The average molecular weight is 216 g/mol. The lowest BCUT2D eigenvalue weighted by Crippen LogP contribution is -2.12. The van der Waals surface area contributed by atoms with E-state index in [1.54, 1.807) is 41.5 Å². The fraction of sp³-hybridized carbons (Fsp3) is 0.182. The number of hydrogen-bond acceptors (Lipinski definition) is 3. The zero-order chi connectivity index (χ0) is 11.4. The van der Waals surface area contributed by atoms with E-state index in [9.17, 15) is 4.79 Å². The molecule has 1 amide bonds. The third-order valence-electron chi connectivity index (χ3n) is 2.11. The van der Waals surface area contributed by atoms with E-state index in [4.69, 9.17) is 0 Å². The van der Waals surface area contributed by atoms with Gasteiger partial charge in [-0.25, -0.2) is 0 Å². The molecule has 0 atom stereocenters. The summed E-state index contributed by atoms with van der Waals surface area (Å²) in [4.78, 5) is 15.7. The maximum Gasteiger partial charge on any atom is 0.274 e. The Labute approximate surface area is 93.1 Å². The van der Waals surface area contributed by atoms with E-state index in [0.717, 1.165) is 6.54 Å². The number of nitrogens with one attached hydrogen (secondary N) is 1. The molecule has 16 heavy (non-hydrogen) atoms. The van der Waals surface area contributed by atoms with Crippen LogP contribution < -0.4 is 5.32 Å². The number of pyridine rings is 1. The minimum Gasteiger partial charge on any atom is -0.318 e. The topological polar surface area (TPSA) is 59.8 Å². The monoisotopic (exact) mass is 216 g/mol. The average Bonchev–Trinajstić information content (AvgIpc) is 2.78. The third-order valence-corrected chi connectivity index (χ3v) is 2.11. The summed E-state index contributed by atoms with van der Waals surface area (Å²) in [6.07, 6.45) is 4.98. The molecule has 0 radical (unpaired) electrons. The second kappa shape index (κ2) is 4.57. The second-order valence-electron chi connectivity index (χ2n) is 3.25. The van der Waals surface area contributed by atoms with Crippen molar-refractivity contribution in [3.63, 3.8) is 0 Å². The molecule has 5 heteroatoms. The number of anilines is 1. The van der Waals surface area contributed by atoms with E-state index < -0.39 is 0 Å². The van der Waals surface area contributed by atoms with Gasteiger partial charge in [0.05, 0.1) is 11.9 Å². The predicted molar refractivity (Wildman–Crippen MR) is 60.1 cm³/mol. The molecule has 2 rings (SSSR count). The number of hydrogen-bond donors (Lipinski definition) is 1. The molecule has 0 spiro atoms. The predicted octanol–water partition coefficient (Wildman–Crippen LogP) is 1.55. The summed E-state index contributed by atoms with van der Waals surface area (Å²) in [5.41, 5.74) is 1.07. The number of carbonyl (C=O) groups is 1. The van der Waals surface area contributed by atoms with E-state index in [-0.39, 0.29) is 5.91 Å². The molecule has 0 aliphatic rings. The SMILES string of the molecule is CCn1cc(NC(=O)c2ccccn2)cn1. The molecular weight excluding hydrogens is 204 g/mol. The molecular formula is C11H12N4O. The smallest absolute Gasteiger partial charge is 0.274 e. The Morgan fingerprint density at radius 1 is 1.50 bits per heavy atom. The Balaban J connectivity index is 2.08. The Bertz CT molecular complexity index is 478. The maximum atomic E-state index is 11.7. The van der Waals surface area contributed by atoms with Crippen molar-refractivity contribution in [3.8, 4) is 0 Å². The largest absolute Gasteiger partial charge is 0.318 e. The standard InChI is InChI=1S/C11H12N4O/c1-2-15-8-9(7-13-15)14-11(16)10-5-3-4-6-12-10/h3-8H,2H2,1H3,(H,14,16). The van der Waals surface area contributed by atoms with Crippen molar-refractivity contribution in [1.82, 2.24) is 14.8 Å². The van der Waals surface area contributed by atoms with Gasteiger partial charge in [-0.1, -0.05) is 6.07 Å². The zero-order valence-electron chi connectivity index (χ0n) is 8.92. The van der Waals surface area contributed by atoms with Gasteiger partial charge in [-0.3, -0.25) is 14.5 Å². The molecule has 5 nitrogen and oxygen atoms in total. The van der Waals surface area contributed by atoms with Crippen molar-refractivity contribution in [1.29, 1.82) is 0 Å². The Morgan fingerprint density at radius 2 is 2.38 bits per heavy atom. The van der Waals surface area contributed by atoms with E-state index in [1.807, 2.05) is 6.92 Å². The second-order valence-corrected chi connectivity index (χ2v) is 3.25. The lowest BCUT2D eigenvalue weighted by atomic mass is 10.3. The van der Waals surface area contributed by atoms with Gasteiger partial charge in [0.1, 0.15) is 5.69 Å². The highest BCUT2D eigenvalue weighted by atomic mass is 16.1. The van der Waals surface area contributed by atoms with Gasteiger partial charge in [-0.2, -0.15) is 5.10 Å². The molecule has 2 aromatic rings. The normalized spacial score (nSPS) is 10.1. The summed E-state index contributed by atoms with van der Waals surface area (Å²) in [5, 5.41) is 6.79. The van der Waals surface area contributed by atoms with Crippen LogP contribution in [0.15, 0.2) is 36.8 Å². The van der Waals surface area contributed by atoms with Crippen LogP contribution in [0.4, 0.5) is 5.69 Å². The highest BCUT2D eigenvalue weighted by Crippen LogP contribution is 2.06. The first-order valence-electron chi connectivity index (χ1n) is 5.04. The first-order chi connectivity index (χ1) is 7.79. The molecule has 2 aromatic heterocycles. The summed E-state index contributed by atoms with van der Waals surface area (Å²) >= 11 is 0.